The number of nitrogens with one attached hydrogen (secondary N) is 1. The van der Waals surface area contributed by atoms with Crippen molar-refractivity contribution >= 4 is 0 Å². The second kappa shape index (κ2) is 4.68. The van der Waals surface area contributed by atoms with E-state index in [-0.39, 0.29) is 18.7 Å². The number of halogens is 2. The Hall–Kier alpha value is -1.04. The maximum absolute atomic E-state index is 12.9. The maximum atomic E-state index is 12.9. The summed E-state index contributed by atoms with van der Waals surface area (Å²) in [6.07, 6.45) is 0.830. The minimum Gasteiger partial charge on any atom is -0.394 e. The van der Waals surface area contributed by atoms with Gasteiger partial charge in [-0.3, -0.25) is 0 Å². The Morgan fingerprint density at radius 3 is 2.53 bits per heavy atom. The van der Waals surface area contributed by atoms with E-state index >= 15 is 0 Å². The number of benzene rings is 1. The first-order valence-electron chi connectivity index (χ1n) is 5.55. The Bertz CT molecular complexity index is 407. The summed E-state index contributed by atoms with van der Waals surface area (Å²) in [5.74, 6) is -1.90. The monoisotopic (exact) mass is 243 g/mol. The van der Waals surface area contributed by atoms with Gasteiger partial charge in [-0.15, -0.1) is 0 Å². The minimum atomic E-state index is -0.968. The molecular formula is C12H15F2NO2. The number of aliphatic hydroxyl groups is 2. The SMILES string of the molecule is OCC1(NCC(O)c2ccc(F)c(F)c2)CC1. The van der Waals surface area contributed by atoms with E-state index in [1.54, 1.807) is 0 Å². The second-order valence-electron chi connectivity index (χ2n) is 4.51. The fourth-order valence-corrected chi connectivity index (χ4v) is 1.69. The van der Waals surface area contributed by atoms with Gasteiger partial charge >= 0.3 is 0 Å². The molecule has 3 N–H and O–H groups in total. The summed E-state index contributed by atoms with van der Waals surface area (Å²) < 4.78 is 25.6. The molecule has 3 nitrogen and oxygen atoms in total. The lowest BCUT2D eigenvalue weighted by Crippen LogP contribution is -2.37. The largest absolute Gasteiger partial charge is 0.394 e. The molecule has 0 heterocycles. The fourth-order valence-electron chi connectivity index (χ4n) is 1.69. The maximum Gasteiger partial charge on any atom is 0.159 e. The molecule has 1 fully saturated rings. The lowest BCUT2D eigenvalue weighted by molar-refractivity contribution is 0.153. The van der Waals surface area contributed by atoms with Gasteiger partial charge in [0.15, 0.2) is 11.6 Å². The highest BCUT2D eigenvalue weighted by molar-refractivity contribution is 5.20. The molecule has 1 aromatic carbocycles. The topological polar surface area (TPSA) is 52.5 Å². The van der Waals surface area contributed by atoms with Crippen LogP contribution in [0.2, 0.25) is 0 Å². The van der Waals surface area contributed by atoms with E-state index in [1.165, 1.54) is 6.07 Å². The lowest BCUT2D eigenvalue weighted by Gasteiger charge is -2.18. The Morgan fingerprint density at radius 2 is 2.00 bits per heavy atom. The number of β-amino-alcohol motifs (C(OH)–C–C–N with tert-alkyl or cyclic N) is 1. The van der Waals surface area contributed by atoms with E-state index in [9.17, 15) is 13.9 Å². The fraction of sp³-hybridized carbons (Fsp3) is 0.500. The van der Waals surface area contributed by atoms with Gasteiger partial charge in [-0.1, -0.05) is 6.07 Å². The molecule has 0 radical (unpaired) electrons. The average Bonchev–Trinajstić information content (AvgIpc) is 3.10. The van der Waals surface area contributed by atoms with Crippen LogP contribution in [0.4, 0.5) is 8.78 Å². The molecule has 1 aliphatic carbocycles. The quantitative estimate of drug-likeness (QED) is 0.726. The predicted octanol–water partition coefficient (Wildman–Crippen LogP) is 1.11. The molecule has 94 valence electrons. The van der Waals surface area contributed by atoms with Crippen molar-refractivity contribution < 1.29 is 19.0 Å². The molecule has 1 aliphatic rings. The Balaban J connectivity index is 1.95. The summed E-state index contributed by atoms with van der Waals surface area (Å²) >= 11 is 0. The van der Waals surface area contributed by atoms with Crippen molar-refractivity contribution in [2.75, 3.05) is 13.2 Å². The van der Waals surface area contributed by atoms with Gasteiger partial charge in [-0.25, -0.2) is 8.78 Å². The normalized spacial score (nSPS) is 19.1. The Morgan fingerprint density at radius 1 is 1.29 bits per heavy atom. The van der Waals surface area contributed by atoms with Crippen LogP contribution in [0.3, 0.4) is 0 Å². The summed E-state index contributed by atoms with van der Waals surface area (Å²) in [4.78, 5) is 0. The molecule has 0 bridgehead atoms. The first-order valence-corrected chi connectivity index (χ1v) is 5.55. The third-order valence-corrected chi connectivity index (χ3v) is 3.16. The Kier molecular flexibility index (Phi) is 3.42. The first kappa shape index (κ1) is 12.4. The smallest absolute Gasteiger partial charge is 0.159 e. The third kappa shape index (κ3) is 2.80. The van der Waals surface area contributed by atoms with Crippen LogP contribution >= 0.6 is 0 Å². The molecule has 0 amide bonds. The molecule has 17 heavy (non-hydrogen) atoms. The predicted molar refractivity (Wildman–Crippen MR) is 58.4 cm³/mol. The van der Waals surface area contributed by atoms with Crippen LogP contribution in [0, 0.1) is 11.6 Å². The van der Waals surface area contributed by atoms with Crippen molar-refractivity contribution in [3.05, 3.63) is 35.4 Å². The van der Waals surface area contributed by atoms with Crippen LogP contribution in [-0.2, 0) is 0 Å². The van der Waals surface area contributed by atoms with Crippen molar-refractivity contribution in [1.29, 1.82) is 0 Å². The van der Waals surface area contributed by atoms with E-state index in [4.69, 9.17) is 5.11 Å². The van der Waals surface area contributed by atoms with Crippen LogP contribution in [0.25, 0.3) is 0 Å². The van der Waals surface area contributed by atoms with Crippen LogP contribution in [0.15, 0.2) is 18.2 Å². The average molecular weight is 243 g/mol. The molecule has 0 saturated heterocycles. The van der Waals surface area contributed by atoms with Crippen molar-refractivity contribution in [2.24, 2.45) is 0 Å². The summed E-state index contributed by atoms with van der Waals surface area (Å²) in [6, 6.07) is 3.33. The molecule has 1 saturated carbocycles. The van der Waals surface area contributed by atoms with Crippen LogP contribution in [-0.4, -0.2) is 28.9 Å². The molecule has 1 unspecified atom stereocenters. The zero-order chi connectivity index (χ0) is 12.5. The van der Waals surface area contributed by atoms with Crippen LogP contribution < -0.4 is 5.32 Å². The number of hydrogen-bond acceptors (Lipinski definition) is 3. The van der Waals surface area contributed by atoms with E-state index in [2.05, 4.69) is 5.32 Å². The molecule has 0 aliphatic heterocycles. The van der Waals surface area contributed by atoms with Gasteiger partial charge in [0.05, 0.1) is 12.7 Å². The van der Waals surface area contributed by atoms with Crippen molar-refractivity contribution in [1.82, 2.24) is 5.32 Å². The summed E-state index contributed by atoms with van der Waals surface area (Å²) in [5.41, 5.74) is 0.0460. The van der Waals surface area contributed by atoms with Crippen LogP contribution in [0.1, 0.15) is 24.5 Å². The lowest BCUT2D eigenvalue weighted by atomic mass is 10.1. The van der Waals surface area contributed by atoms with Gasteiger partial charge in [0, 0.05) is 12.1 Å². The summed E-state index contributed by atoms with van der Waals surface area (Å²) in [6.45, 7) is 0.239. The number of rotatable bonds is 5. The van der Waals surface area contributed by atoms with Crippen LogP contribution in [0.5, 0.6) is 0 Å². The van der Waals surface area contributed by atoms with Gasteiger partial charge < -0.3 is 15.5 Å². The molecule has 0 spiro atoms. The highest BCUT2D eigenvalue weighted by Crippen LogP contribution is 2.34. The van der Waals surface area contributed by atoms with E-state index in [0.717, 1.165) is 25.0 Å². The van der Waals surface area contributed by atoms with Gasteiger partial charge in [0.1, 0.15) is 0 Å². The number of hydrogen-bond donors (Lipinski definition) is 3. The van der Waals surface area contributed by atoms with E-state index < -0.39 is 17.7 Å². The highest BCUT2D eigenvalue weighted by atomic mass is 19.2. The van der Waals surface area contributed by atoms with Gasteiger partial charge in [-0.2, -0.15) is 0 Å². The standard InChI is InChI=1S/C12H15F2NO2/c13-9-2-1-8(5-10(9)14)11(17)6-15-12(7-16)3-4-12/h1-2,5,11,15-17H,3-4,6-7H2. The van der Waals surface area contributed by atoms with Gasteiger partial charge in [0.25, 0.3) is 0 Å². The van der Waals surface area contributed by atoms with Crippen molar-refractivity contribution in [3.8, 4) is 0 Å². The van der Waals surface area contributed by atoms with Crippen molar-refractivity contribution in [2.45, 2.75) is 24.5 Å². The molecule has 0 aromatic heterocycles. The Labute approximate surface area is 98.1 Å². The van der Waals surface area contributed by atoms with Gasteiger partial charge in [0.2, 0.25) is 0 Å². The first-order chi connectivity index (χ1) is 8.06. The summed E-state index contributed by atoms with van der Waals surface area (Å²) in [5, 5.41) is 21.9. The molecular weight excluding hydrogens is 228 g/mol. The third-order valence-electron chi connectivity index (χ3n) is 3.16. The molecule has 1 aromatic rings. The summed E-state index contributed by atoms with van der Waals surface area (Å²) in [7, 11) is 0. The second-order valence-corrected chi connectivity index (χ2v) is 4.51. The van der Waals surface area contributed by atoms with E-state index in [0.29, 0.717) is 5.56 Å². The van der Waals surface area contributed by atoms with Gasteiger partial charge in [-0.05, 0) is 30.5 Å². The molecule has 5 heteroatoms. The minimum absolute atomic E-state index is 0.0253. The van der Waals surface area contributed by atoms with E-state index in [1.807, 2.05) is 0 Å². The number of aliphatic hydroxyl groups excluding tert-OH is 2. The zero-order valence-corrected chi connectivity index (χ0v) is 9.29. The molecule has 1 atom stereocenters. The highest BCUT2D eigenvalue weighted by Gasteiger charge is 2.41. The molecule has 2 rings (SSSR count). The van der Waals surface area contributed by atoms with Crippen molar-refractivity contribution in [3.63, 3.8) is 0 Å². The zero-order valence-electron chi connectivity index (χ0n) is 9.29.